The van der Waals surface area contributed by atoms with Crippen LogP contribution in [-0.2, 0) is 14.6 Å². The fourth-order valence-corrected chi connectivity index (χ4v) is 5.44. The first-order valence-corrected chi connectivity index (χ1v) is 13.2. The van der Waals surface area contributed by atoms with Crippen LogP contribution in [0.25, 0.3) is 0 Å². The summed E-state index contributed by atoms with van der Waals surface area (Å²) in [4.78, 5) is 23.4. The van der Waals surface area contributed by atoms with Crippen LogP contribution in [0.2, 0.25) is 5.02 Å². The van der Waals surface area contributed by atoms with Gasteiger partial charge >= 0.3 is 0 Å². The second-order valence-corrected chi connectivity index (χ2v) is 11.1. The van der Waals surface area contributed by atoms with Crippen molar-refractivity contribution >= 4 is 33.2 Å². The van der Waals surface area contributed by atoms with Gasteiger partial charge in [0.25, 0.3) is 0 Å². The molecule has 0 bridgehead atoms. The maximum Gasteiger partial charge on any atom is 0.226 e. The molecule has 1 atom stereocenters. The van der Waals surface area contributed by atoms with Crippen LogP contribution >= 0.6 is 11.6 Å². The van der Waals surface area contributed by atoms with Gasteiger partial charge in [-0.2, -0.15) is 0 Å². The van der Waals surface area contributed by atoms with Gasteiger partial charge in [0.05, 0.1) is 28.9 Å². The van der Waals surface area contributed by atoms with Crippen molar-refractivity contribution in [3.05, 3.63) is 46.9 Å². The van der Waals surface area contributed by atoms with Gasteiger partial charge in [-0.3, -0.25) is 9.69 Å². The number of halogens is 1. The minimum absolute atomic E-state index is 0.0530. The molecule has 33 heavy (non-hydrogen) atoms. The Kier molecular flexibility index (Phi) is 8.46. The molecule has 1 aromatic carbocycles. The Balaban J connectivity index is 1.72. The van der Waals surface area contributed by atoms with Gasteiger partial charge in [-0.15, -0.1) is 0 Å². The van der Waals surface area contributed by atoms with Crippen LogP contribution in [0.3, 0.4) is 0 Å². The number of benzene rings is 1. The van der Waals surface area contributed by atoms with E-state index in [1.165, 1.54) is 18.5 Å². The third-order valence-electron chi connectivity index (χ3n) is 5.69. The zero-order valence-corrected chi connectivity index (χ0v) is 20.7. The van der Waals surface area contributed by atoms with Crippen LogP contribution in [0.5, 0.6) is 0 Å². The highest BCUT2D eigenvalue weighted by Gasteiger charge is 2.29. The summed E-state index contributed by atoms with van der Waals surface area (Å²) in [6.07, 6.45) is 8.74. The van der Waals surface area contributed by atoms with Crippen molar-refractivity contribution < 1.29 is 13.2 Å². The molecule has 1 heterocycles. The molecule has 1 unspecified atom stereocenters. The minimum atomic E-state index is -3.41. The Bertz CT molecular complexity index is 1150. The Morgan fingerprint density at radius 1 is 1.24 bits per heavy atom. The third-order valence-corrected chi connectivity index (χ3v) is 7.27. The van der Waals surface area contributed by atoms with Crippen molar-refractivity contribution in [2.24, 2.45) is 5.92 Å². The topological polar surface area (TPSA) is 92.3 Å². The lowest BCUT2D eigenvalue weighted by molar-refractivity contribution is -0.116. The zero-order valence-electron chi connectivity index (χ0n) is 19.1. The molecule has 7 nitrogen and oxygen atoms in total. The van der Waals surface area contributed by atoms with Crippen molar-refractivity contribution in [2.45, 2.75) is 42.9 Å². The first-order chi connectivity index (χ1) is 15.6. The van der Waals surface area contributed by atoms with Crippen LogP contribution in [-0.4, -0.2) is 56.1 Å². The van der Waals surface area contributed by atoms with Gasteiger partial charge in [0.2, 0.25) is 5.91 Å². The number of nitrogens with one attached hydrogen (secondary N) is 1. The Hall–Kier alpha value is -2.47. The van der Waals surface area contributed by atoms with Gasteiger partial charge in [0.15, 0.2) is 15.7 Å². The van der Waals surface area contributed by atoms with Gasteiger partial charge < -0.3 is 5.32 Å². The highest BCUT2D eigenvalue weighted by atomic mass is 35.5. The molecule has 2 aromatic rings. The number of anilines is 1. The van der Waals surface area contributed by atoms with E-state index in [1.54, 1.807) is 12.1 Å². The summed E-state index contributed by atoms with van der Waals surface area (Å²) in [5.41, 5.74) is 1.42. The van der Waals surface area contributed by atoms with Crippen LogP contribution in [0.15, 0.2) is 35.5 Å². The van der Waals surface area contributed by atoms with Gasteiger partial charge in [-0.1, -0.05) is 36.4 Å². The fourth-order valence-electron chi connectivity index (χ4n) is 4.10. The van der Waals surface area contributed by atoms with E-state index >= 15 is 0 Å². The lowest BCUT2D eigenvalue weighted by Gasteiger charge is -2.24. The summed E-state index contributed by atoms with van der Waals surface area (Å²) in [6.45, 7) is 0.623. The van der Waals surface area contributed by atoms with Crippen molar-refractivity contribution in [1.82, 2.24) is 14.9 Å². The summed E-state index contributed by atoms with van der Waals surface area (Å²) in [7, 11) is 0.462. The predicted molar refractivity (Wildman–Crippen MR) is 130 cm³/mol. The number of carbonyl (C=O) groups excluding carboxylic acids is 1. The Morgan fingerprint density at radius 3 is 2.55 bits per heavy atom. The summed E-state index contributed by atoms with van der Waals surface area (Å²) in [5, 5.41) is 3.01. The van der Waals surface area contributed by atoms with Gasteiger partial charge in [-0.25, -0.2) is 18.4 Å². The second kappa shape index (κ2) is 11.1. The smallest absolute Gasteiger partial charge is 0.226 e. The van der Waals surface area contributed by atoms with Crippen molar-refractivity contribution in [1.29, 1.82) is 0 Å². The highest BCUT2D eigenvalue weighted by Crippen LogP contribution is 2.40. The lowest BCUT2D eigenvalue weighted by atomic mass is 9.82. The van der Waals surface area contributed by atoms with Crippen LogP contribution in [0, 0.1) is 17.8 Å². The molecule has 1 N–H and O–H groups in total. The second-order valence-electron chi connectivity index (χ2n) is 8.69. The monoisotopic (exact) mass is 488 g/mol. The first kappa shape index (κ1) is 25.2. The first-order valence-electron chi connectivity index (χ1n) is 10.9. The number of hydrogen-bond donors (Lipinski definition) is 1. The van der Waals surface area contributed by atoms with Crippen LogP contribution in [0.4, 0.5) is 5.82 Å². The van der Waals surface area contributed by atoms with E-state index in [1.807, 2.05) is 19.0 Å². The van der Waals surface area contributed by atoms with Crippen molar-refractivity contribution in [2.75, 3.05) is 32.2 Å². The van der Waals surface area contributed by atoms with Crippen LogP contribution in [0.1, 0.15) is 49.3 Å². The molecule has 0 aliphatic heterocycles. The van der Waals surface area contributed by atoms with Crippen LogP contribution < -0.4 is 5.32 Å². The number of sulfone groups is 1. The standard InChI is InChI=1S/C24H29ClN4O3S/c1-29(2)12-6-9-19-15-27-23(16-26-19)28-24(30)14-20(17-7-4-5-8-17)18-10-11-22(21(25)13-18)33(3,31)32/h10-11,13,15-17,20H,4-5,7-8,12,14H2,1-3H3,(H,27,28,30). The fraction of sp³-hybridized carbons (Fsp3) is 0.458. The molecule has 9 heteroatoms. The number of rotatable bonds is 7. The summed E-state index contributed by atoms with van der Waals surface area (Å²) in [5.74, 6) is 6.42. The number of hydrogen-bond acceptors (Lipinski definition) is 6. The normalized spacial score (nSPS) is 15.2. The molecule has 1 saturated carbocycles. The summed E-state index contributed by atoms with van der Waals surface area (Å²) in [6, 6.07) is 5.00. The predicted octanol–water partition coefficient (Wildman–Crippen LogP) is 3.75. The largest absolute Gasteiger partial charge is 0.309 e. The molecular formula is C24H29ClN4O3S. The molecule has 0 radical (unpaired) electrons. The number of nitrogens with zero attached hydrogens (tertiary/aromatic N) is 3. The molecular weight excluding hydrogens is 460 g/mol. The molecule has 1 amide bonds. The van der Waals surface area contributed by atoms with E-state index in [0.29, 0.717) is 24.0 Å². The molecule has 3 rings (SSSR count). The minimum Gasteiger partial charge on any atom is -0.309 e. The van der Waals surface area contributed by atoms with Crippen molar-refractivity contribution in [3.8, 4) is 11.8 Å². The van der Waals surface area contributed by atoms with Crippen molar-refractivity contribution in [3.63, 3.8) is 0 Å². The molecule has 1 aliphatic carbocycles. The molecule has 1 aliphatic rings. The van der Waals surface area contributed by atoms with E-state index in [-0.39, 0.29) is 28.2 Å². The van der Waals surface area contributed by atoms with E-state index in [4.69, 9.17) is 11.6 Å². The number of amides is 1. The maximum absolute atomic E-state index is 12.9. The average Bonchev–Trinajstić information content (AvgIpc) is 3.26. The highest BCUT2D eigenvalue weighted by molar-refractivity contribution is 7.90. The number of aromatic nitrogens is 2. The summed E-state index contributed by atoms with van der Waals surface area (Å²) >= 11 is 6.29. The third kappa shape index (κ3) is 7.26. The zero-order chi connectivity index (χ0) is 24.0. The SMILES string of the molecule is CN(C)CC#Cc1cnc(NC(=O)CC(c2ccc(S(C)(=O)=O)c(Cl)c2)C2CCCC2)cn1. The Morgan fingerprint density at radius 2 is 1.97 bits per heavy atom. The van der Waals surface area contributed by atoms with Gasteiger partial charge in [0, 0.05) is 12.7 Å². The molecule has 0 saturated heterocycles. The Labute approximate surface area is 200 Å². The van der Waals surface area contributed by atoms with E-state index < -0.39 is 9.84 Å². The van der Waals surface area contributed by atoms with Gasteiger partial charge in [0.1, 0.15) is 5.69 Å². The summed E-state index contributed by atoms with van der Waals surface area (Å²) < 4.78 is 23.8. The quantitative estimate of drug-likeness (QED) is 0.597. The lowest BCUT2D eigenvalue weighted by Crippen LogP contribution is -2.20. The molecule has 1 fully saturated rings. The van der Waals surface area contributed by atoms with E-state index in [0.717, 1.165) is 37.5 Å². The molecule has 176 valence electrons. The number of carbonyl (C=O) groups is 1. The van der Waals surface area contributed by atoms with E-state index in [2.05, 4.69) is 27.1 Å². The average molecular weight is 489 g/mol. The van der Waals surface area contributed by atoms with E-state index in [9.17, 15) is 13.2 Å². The maximum atomic E-state index is 12.9. The molecule has 0 spiro atoms. The van der Waals surface area contributed by atoms with Gasteiger partial charge in [-0.05, 0) is 62.4 Å². The molecule has 1 aromatic heterocycles.